The molecular weight excluding hydrogens is 334 g/mol. The van der Waals surface area contributed by atoms with Gasteiger partial charge in [-0.1, -0.05) is 12.1 Å². The van der Waals surface area contributed by atoms with E-state index >= 15 is 0 Å². The Kier molecular flexibility index (Phi) is 5.43. The van der Waals surface area contributed by atoms with E-state index in [1.807, 2.05) is 24.3 Å². The smallest absolute Gasteiger partial charge is 0.248 e. The van der Waals surface area contributed by atoms with Gasteiger partial charge in [0.15, 0.2) is 0 Å². The molecule has 3 rings (SSSR count). The number of benzene rings is 2. The van der Waals surface area contributed by atoms with Crippen LogP contribution in [0.15, 0.2) is 48.5 Å². The molecule has 8 heteroatoms. The molecule has 1 amide bonds. The number of hydrogen-bond acceptors (Lipinski definition) is 6. The summed E-state index contributed by atoms with van der Waals surface area (Å²) in [7, 11) is 1.63. The number of aryl methyl sites for hydroxylation is 1. The summed E-state index contributed by atoms with van der Waals surface area (Å²) in [6, 6.07) is 14.2. The van der Waals surface area contributed by atoms with E-state index in [1.54, 1.807) is 31.4 Å². The summed E-state index contributed by atoms with van der Waals surface area (Å²) in [4.78, 5) is 12.6. The fourth-order valence-corrected chi connectivity index (χ4v) is 2.31. The van der Waals surface area contributed by atoms with Crippen LogP contribution in [0.4, 0.5) is 0 Å². The van der Waals surface area contributed by atoms with Gasteiger partial charge < -0.3 is 15.2 Å². The van der Waals surface area contributed by atoms with Gasteiger partial charge in [0.05, 0.1) is 20.3 Å². The summed E-state index contributed by atoms with van der Waals surface area (Å²) in [6.45, 7) is 1.12. The summed E-state index contributed by atoms with van der Waals surface area (Å²) in [5.74, 6) is 1.61. The van der Waals surface area contributed by atoms with Crippen LogP contribution in [0.5, 0.6) is 11.5 Å². The number of carbonyl (C=O) groups excluding carboxylic acids is 1. The topological polar surface area (TPSA) is 105 Å². The largest absolute Gasteiger partial charge is 0.497 e. The van der Waals surface area contributed by atoms with Crippen LogP contribution in [0.1, 0.15) is 16.8 Å². The van der Waals surface area contributed by atoms with Gasteiger partial charge in [0, 0.05) is 17.5 Å². The van der Waals surface area contributed by atoms with Gasteiger partial charge in [-0.2, -0.15) is 4.80 Å². The Balaban J connectivity index is 1.49. The maximum Gasteiger partial charge on any atom is 0.248 e. The third kappa shape index (κ3) is 4.35. The summed E-state index contributed by atoms with van der Waals surface area (Å²) < 4.78 is 10.8. The van der Waals surface area contributed by atoms with E-state index < -0.39 is 5.91 Å². The molecule has 26 heavy (non-hydrogen) atoms. The van der Waals surface area contributed by atoms with Crippen LogP contribution in [0.25, 0.3) is 11.4 Å². The number of primary amides is 1. The number of nitrogens with zero attached hydrogens (tertiary/aromatic N) is 4. The lowest BCUT2D eigenvalue weighted by molar-refractivity contribution is 0.100. The monoisotopic (exact) mass is 353 g/mol. The minimum absolute atomic E-state index is 0.442. The second-order valence-electron chi connectivity index (χ2n) is 5.53. The lowest BCUT2D eigenvalue weighted by Crippen LogP contribution is -2.10. The van der Waals surface area contributed by atoms with Gasteiger partial charge in [0.25, 0.3) is 0 Å². The molecule has 0 aliphatic rings. The molecule has 0 fully saturated rings. The van der Waals surface area contributed by atoms with E-state index in [2.05, 4.69) is 15.4 Å². The van der Waals surface area contributed by atoms with Crippen LogP contribution in [0.3, 0.4) is 0 Å². The number of nitrogens with two attached hydrogens (primary N) is 1. The number of ether oxygens (including phenoxy) is 2. The fraction of sp³-hybridized carbons (Fsp3) is 0.222. The van der Waals surface area contributed by atoms with Gasteiger partial charge in [0.2, 0.25) is 11.7 Å². The maximum atomic E-state index is 11.1. The molecule has 134 valence electrons. The van der Waals surface area contributed by atoms with Crippen LogP contribution in [0, 0.1) is 0 Å². The highest BCUT2D eigenvalue weighted by Gasteiger charge is 2.07. The van der Waals surface area contributed by atoms with Crippen molar-refractivity contribution in [3.05, 3.63) is 54.1 Å². The average molecular weight is 353 g/mol. The molecule has 0 spiro atoms. The van der Waals surface area contributed by atoms with Crippen molar-refractivity contribution in [1.29, 1.82) is 0 Å². The van der Waals surface area contributed by atoms with E-state index in [0.717, 1.165) is 23.5 Å². The number of aromatic nitrogens is 4. The maximum absolute atomic E-state index is 11.1. The van der Waals surface area contributed by atoms with Gasteiger partial charge in [-0.15, -0.1) is 10.2 Å². The highest BCUT2D eigenvalue weighted by molar-refractivity contribution is 5.93. The lowest BCUT2D eigenvalue weighted by Gasteiger charge is -2.06. The number of tetrazole rings is 1. The molecule has 0 bridgehead atoms. The number of methoxy groups -OCH3 is 1. The minimum atomic E-state index is -0.468. The van der Waals surface area contributed by atoms with Crippen molar-refractivity contribution in [3.8, 4) is 22.9 Å². The number of rotatable bonds is 8. The summed E-state index contributed by atoms with van der Waals surface area (Å²) >= 11 is 0. The third-order valence-corrected chi connectivity index (χ3v) is 3.71. The fourth-order valence-electron chi connectivity index (χ4n) is 2.31. The molecule has 1 heterocycles. The Hall–Kier alpha value is -3.42. The molecule has 0 aliphatic carbocycles. The van der Waals surface area contributed by atoms with Crippen molar-refractivity contribution < 1.29 is 14.3 Å². The number of amides is 1. The predicted molar refractivity (Wildman–Crippen MR) is 94.9 cm³/mol. The van der Waals surface area contributed by atoms with Gasteiger partial charge >= 0.3 is 0 Å². The molecule has 8 nitrogen and oxygen atoms in total. The molecule has 0 saturated heterocycles. The third-order valence-electron chi connectivity index (χ3n) is 3.71. The predicted octanol–water partition coefficient (Wildman–Crippen LogP) is 1.92. The van der Waals surface area contributed by atoms with Crippen LogP contribution in [0.2, 0.25) is 0 Å². The standard InChI is InChI=1S/C18H19N5O3/c1-25-15-7-9-16(10-8-15)26-12-2-11-23-21-18(20-22-23)14-5-3-13(4-6-14)17(19)24/h3-10H,2,11-12H2,1H3,(H2,19,24). The first kappa shape index (κ1) is 17.4. The van der Waals surface area contributed by atoms with Crippen LogP contribution < -0.4 is 15.2 Å². The number of hydrogen-bond donors (Lipinski definition) is 1. The van der Waals surface area contributed by atoms with Gasteiger partial charge in [0.1, 0.15) is 11.5 Å². The highest BCUT2D eigenvalue weighted by Crippen LogP contribution is 2.17. The van der Waals surface area contributed by atoms with Crippen molar-refractivity contribution in [2.45, 2.75) is 13.0 Å². The average Bonchev–Trinajstić information content (AvgIpc) is 3.15. The molecule has 3 aromatic rings. The Morgan fingerprint density at radius 2 is 1.77 bits per heavy atom. The first-order chi connectivity index (χ1) is 12.7. The molecule has 0 saturated carbocycles. The molecule has 0 radical (unpaired) electrons. The van der Waals surface area contributed by atoms with E-state index in [0.29, 0.717) is 24.5 Å². The zero-order valence-electron chi connectivity index (χ0n) is 14.3. The van der Waals surface area contributed by atoms with Crippen molar-refractivity contribution >= 4 is 5.91 Å². The summed E-state index contributed by atoms with van der Waals surface area (Å²) in [6.07, 6.45) is 0.739. The van der Waals surface area contributed by atoms with Crippen molar-refractivity contribution in [3.63, 3.8) is 0 Å². The van der Waals surface area contributed by atoms with Crippen LogP contribution in [-0.4, -0.2) is 39.8 Å². The SMILES string of the molecule is COc1ccc(OCCCn2nnc(-c3ccc(C(N)=O)cc3)n2)cc1. The van der Waals surface area contributed by atoms with Crippen LogP contribution in [-0.2, 0) is 6.54 Å². The summed E-state index contributed by atoms with van der Waals surface area (Å²) in [5, 5.41) is 12.4. The Morgan fingerprint density at radius 1 is 1.08 bits per heavy atom. The first-order valence-electron chi connectivity index (χ1n) is 8.10. The molecule has 2 N–H and O–H groups in total. The quantitative estimate of drug-likeness (QED) is 0.620. The minimum Gasteiger partial charge on any atom is -0.497 e. The molecule has 2 aromatic carbocycles. The van der Waals surface area contributed by atoms with Crippen molar-refractivity contribution in [2.75, 3.05) is 13.7 Å². The van der Waals surface area contributed by atoms with E-state index in [1.165, 1.54) is 4.80 Å². The normalized spacial score (nSPS) is 10.5. The van der Waals surface area contributed by atoms with Crippen molar-refractivity contribution in [1.82, 2.24) is 20.2 Å². The zero-order valence-corrected chi connectivity index (χ0v) is 14.3. The lowest BCUT2D eigenvalue weighted by atomic mass is 10.1. The van der Waals surface area contributed by atoms with E-state index in [-0.39, 0.29) is 0 Å². The van der Waals surface area contributed by atoms with Gasteiger partial charge in [-0.05, 0) is 41.6 Å². The Bertz CT molecular complexity index is 859. The zero-order chi connectivity index (χ0) is 18.4. The van der Waals surface area contributed by atoms with Gasteiger partial charge in [-0.25, -0.2) is 0 Å². The highest BCUT2D eigenvalue weighted by atomic mass is 16.5. The number of carbonyl (C=O) groups is 1. The van der Waals surface area contributed by atoms with Crippen molar-refractivity contribution in [2.24, 2.45) is 5.73 Å². The molecule has 0 aliphatic heterocycles. The van der Waals surface area contributed by atoms with E-state index in [9.17, 15) is 4.79 Å². The van der Waals surface area contributed by atoms with Crippen LogP contribution >= 0.6 is 0 Å². The molecule has 0 unspecified atom stereocenters. The van der Waals surface area contributed by atoms with E-state index in [4.69, 9.17) is 15.2 Å². The molecule has 1 aromatic heterocycles. The molecular formula is C18H19N5O3. The second kappa shape index (κ2) is 8.11. The Morgan fingerprint density at radius 3 is 2.42 bits per heavy atom. The molecule has 0 atom stereocenters. The Labute approximate surface area is 150 Å². The van der Waals surface area contributed by atoms with Gasteiger partial charge in [-0.3, -0.25) is 4.79 Å². The second-order valence-corrected chi connectivity index (χ2v) is 5.53. The summed E-state index contributed by atoms with van der Waals surface area (Å²) in [5.41, 5.74) is 6.44. The first-order valence-corrected chi connectivity index (χ1v) is 8.10.